The highest BCUT2D eigenvalue weighted by atomic mass is 16.3. The first-order chi connectivity index (χ1) is 6.11. The molecule has 3 heteroatoms. The van der Waals surface area contributed by atoms with E-state index in [9.17, 15) is 4.79 Å². The Morgan fingerprint density at radius 1 is 1.46 bits per heavy atom. The van der Waals surface area contributed by atoms with Crippen molar-refractivity contribution in [2.45, 2.75) is 51.7 Å². The first-order valence-electron chi connectivity index (χ1n) is 5.09. The molecular weight excluding hydrogens is 166 g/mol. The van der Waals surface area contributed by atoms with E-state index in [1.54, 1.807) is 0 Å². The van der Waals surface area contributed by atoms with Gasteiger partial charge in [0.2, 0.25) is 5.91 Å². The predicted octanol–water partition coefficient (Wildman–Crippen LogP) is 1.06. The summed E-state index contributed by atoms with van der Waals surface area (Å²) in [6.45, 7) is 3.66. The molecule has 3 atom stereocenters. The molecule has 1 saturated carbocycles. The van der Waals surface area contributed by atoms with Gasteiger partial charge in [0, 0.05) is 6.04 Å². The number of amides is 1. The monoisotopic (exact) mass is 185 g/mol. The first-order valence-corrected chi connectivity index (χ1v) is 5.09. The van der Waals surface area contributed by atoms with E-state index in [0.29, 0.717) is 5.92 Å². The van der Waals surface area contributed by atoms with Gasteiger partial charge in [0.05, 0.1) is 0 Å². The zero-order chi connectivity index (χ0) is 9.84. The minimum Gasteiger partial charge on any atom is -0.384 e. The predicted molar refractivity (Wildman–Crippen MR) is 51.2 cm³/mol. The van der Waals surface area contributed by atoms with Crippen LogP contribution in [0.3, 0.4) is 0 Å². The molecule has 0 radical (unpaired) electrons. The topological polar surface area (TPSA) is 49.3 Å². The van der Waals surface area contributed by atoms with Crippen LogP contribution in [0.5, 0.6) is 0 Å². The van der Waals surface area contributed by atoms with Gasteiger partial charge in [-0.25, -0.2) is 0 Å². The molecule has 0 aliphatic heterocycles. The lowest BCUT2D eigenvalue weighted by atomic mass is 9.86. The summed E-state index contributed by atoms with van der Waals surface area (Å²) in [5.41, 5.74) is 0. The Balaban J connectivity index is 2.38. The number of hydrogen-bond donors (Lipinski definition) is 2. The Kier molecular flexibility index (Phi) is 3.72. The van der Waals surface area contributed by atoms with Crippen LogP contribution in [-0.2, 0) is 4.79 Å². The first kappa shape index (κ1) is 10.5. The smallest absolute Gasteiger partial charge is 0.248 e. The Labute approximate surface area is 79.5 Å². The molecule has 1 aliphatic carbocycles. The molecule has 0 aromatic heterocycles. The summed E-state index contributed by atoms with van der Waals surface area (Å²) in [6, 6.07) is 0.274. The summed E-state index contributed by atoms with van der Waals surface area (Å²) in [7, 11) is 0. The quantitative estimate of drug-likeness (QED) is 0.676. The van der Waals surface area contributed by atoms with E-state index in [4.69, 9.17) is 5.11 Å². The SMILES string of the molecule is CC(O)C(=O)NC1CCCCC1C. The lowest BCUT2D eigenvalue weighted by molar-refractivity contribution is -0.129. The van der Waals surface area contributed by atoms with Crippen molar-refractivity contribution in [1.82, 2.24) is 5.32 Å². The number of aliphatic hydroxyl groups excluding tert-OH is 1. The number of rotatable bonds is 2. The molecule has 13 heavy (non-hydrogen) atoms. The van der Waals surface area contributed by atoms with Crippen molar-refractivity contribution in [3.63, 3.8) is 0 Å². The van der Waals surface area contributed by atoms with E-state index in [-0.39, 0.29) is 11.9 Å². The molecule has 2 N–H and O–H groups in total. The Hall–Kier alpha value is -0.570. The van der Waals surface area contributed by atoms with Gasteiger partial charge >= 0.3 is 0 Å². The van der Waals surface area contributed by atoms with Crippen LogP contribution < -0.4 is 5.32 Å². The second-order valence-corrected chi connectivity index (χ2v) is 4.05. The summed E-state index contributed by atoms with van der Waals surface area (Å²) in [4.78, 5) is 11.2. The molecule has 0 bridgehead atoms. The molecule has 1 fully saturated rings. The van der Waals surface area contributed by atoms with Gasteiger partial charge in [0.15, 0.2) is 0 Å². The maximum Gasteiger partial charge on any atom is 0.248 e. The van der Waals surface area contributed by atoms with Crippen LogP contribution in [-0.4, -0.2) is 23.2 Å². The summed E-state index contributed by atoms with van der Waals surface area (Å²) in [6.07, 6.45) is 3.82. The fraction of sp³-hybridized carbons (Fsp3) is 0.900. The average Bonchev–Trinajstić information content (AvgIpc) is 2.08. The number of nitrogens with one attached hydrogen (secondary N) is 1. The zero-order valence-electron chi connectivity index (χ0n) is 8.42. The summed E-state index contributed by atoms with van der Waals surface area (Å²) in [5.74, 6) is 0.315. The lowest BCUT2D eigenvalue weighted by Crippen LogP contribution is -2.44. The Bertz CT molecular complexity index is 180. The molecule has 0 heterocycles. The van der Waals surface area contributed by atoms with Gasteiger partial charge in [0.25, 0.3) is 0 Å². The third-order valence-electron chi connectivity index (χ3n) is 2.82. The van der Waals surface area contributed by atoms with Gasteiger partial charge in [-0.05, 0) is 25.7 Å². The van der Waals surface area contributed by atoms with Crippen molar-refractivity contribution in [2.75, 3.05) is 0 Å². The molecular formula is C10H19NO2. The zero-order valence-corrected chi connectivity index (χ0v) is 8.42. The third-order valence-corrected chi connectivity index (χ3v) is 2.82. The molecule has 0 aromatic carbocycles. The van der Waals surface area contributed by atoms with Crippen molar-refractivity contribution in [3.8, 4) is 0 Å². The summed E-state index contributed by atoms with van der Waals surface area (Å²) in [5, 5.41) is 11.9. The van der Waals surface area contributed by atoms with E-state index in [0.717, 1.165) is 6.42 Å². The van der Waals surface area contributed by atoms with E-state index < -0.39 is 6.10 Å². The van der Waals surface area contributed by atoms with Gasteiger partial charge < -0.3 is 10.4 Å². The lowest BCUT2D eigenvalue weighted by Gasteiger charge is -2.29. The van der Waals surface area contributed by atoms with E-state index in [2.05, 4.69) is 12.2 Å². The van der Waals surface area contributed by atoms with Gasteiger partial charge in [-0.15, -0.1) is 0 Å². The van der Waals surface area contributed by atoms with E-state index in [1.165, 1.54) is 26.2 Å². The van der Waals surface area contributed by atoms with Crippen LogP contribution in [0.2, 0.25) is 0 Å². The number of carbonyl (C=O) groups is 1. The van der Waals surface area contributed by atoms with Crippen LogP contribution in [0.4, 0.5) is 0 Å². The molecule has 1 amide bonds. The standard InChI is InChI=1S/C10H19NO2/c1-7-5-3-4-6-9(7)11-10(13)8(2)12/h7-9,12H,3-6H2,1-2H3,(H,11,13). The molecule has 1 rings (SSSR count). The highest BCUT2D eigenvalue weighted by Gasteiger charge is 2.23. The second-order valence-electron chi connectivity index (χ2n) is 4.05. The van der Waals surface area contributed by atoms with E-state index in [1.807, 2.05) is 0 Å². The van der Waals surface area contributed by atoms with Crippen LogP contribution in [0.25, 0.3) is 0 Å². The third kappa shape index (κ3) is 2.99. The second kappa shape index (κ2) is 4.61. The van der Waals surface area contributed by atoms with E-state index >= 15 is 0 Å². The van der Waals surface area contributed by atoms with Crippen LogP contribution in [0.1, 0.15) is 39.5 Å². The van der Waals surface area contributed by atoms with Crippen molar-refractivity contribution < 1.29 is 9.90 Å². The van der Waals surface area contributed by atoms with Crippen LogP contribution in [0.15, 0.2) is 0 Å². The minimum atomic E-state index is -0.880. The number of hydrogen-bond acceptors (Lipinski definition) is 2. The largest absolute Gasteiger partial charge is 0.384 e. The van der Waals surface area contributed by atoms with Crippen LogP contribution >= 0.6 is 0 Å². The Morgan fingerprint density at radius 3 is 2.62 bits per heavy atom. The van der Waals surface area contributed by atoms with Gasteiger partial charge in [-0.2, -0.15) is 0 Å². The maximum absolute atomic E-state index is 11.2. The molecule has 3 unspecified atom stereocenters. The van der Waals surface area contributed by atoms with Crippen molar-refractivity contribution in [1.29, 1.82) is 0 Å². The van der Waals surface area contributed by atoms with Crippen LogP contribution in [0, 0.1) is 5.92 Å². The Morgan fingerprint density at radius 2 is 2.08 bits per heavy atom. The molecule has 0 aromatic rings. The highest BCUT2D eigenvalue weighted by Crippen LogP contribution is 2.23. The van der Waals surface area contributed by atoms with Crippen molar-refractivity contribution in [2.24, 2.45) is 5.92 Å². The highest BCUT2D eigenvalue weighted by molar-refractivity contribution is 5.80. The van der Waals surface area contributed by atoms with Gasteiger partial charge in [-0.3, -0.25) is 4.79 Å². The molecule has 3 nitrogen and oxygen atoms in total. The maximum atomic E-state index is 11.2. The van der Waals surface area contributed by atoms with Gasteiger partial charge in [-0.1, -0.05) is 19.8 Å². The van der Waals surface area contributed by atoms with Crippen molar-refractivity contribution in [3.05, 3.63) is 0 Å². The fourth-order valence-corrected chi connectivity index (χ4v) is 1.83. The summed E-state index contributed by atoms with van der Waals surface area (Å²) >= 11 is 0. The molecule has 0 saturated heterocycles. The van der Waals surface area contributed by atoms with Gasteiger partial charge in [0.1, 0.15) is 6.10 Å². The number of carbonyl (C=O) groups excluding carboxylic acids is 1. The average molecular weight is 185 g/mol. The normalized spacial score (nSPS) is 31.0. The molecule has 0 spiro atoms. The number of aliphatic hydroxyl groups is 1. The fourth-order valence-electron chi connectivity index (χ4n) is 1.83. The molecule has 1 aliphatic rings. The molecule has 76 valence electrons. The van der Waals surface area contributed by atoms with Crippen molar-refractivity contribution >= 4 is 5.91 Å². The summed E-state index contributed by atoms with van der Waals surface area (Å²) < 4.78 is 0. The minimum absolute atomic E-state index is 0.237.